The number of hydrogen-bond acceptors (Lipinski definition) is 3. The Labute approximate surface area is 159 Å². The summed E-state index contributed by atoms with van der Waals surface area (Å²) >= 11 is 0. The standard InChI is InChI=1S/C23H21NO3/c1-17-12-13-18(14-22(17)27-16-21-15-26-21)23(25)24(19-8-4-2-5-9-19)20-10-6-3-7-11-20/h2-14,21H,15-16H2,1H3. The van der Waals surface area contributed by atoms with Gasteiger partial charge in [0.1, 0.15) is 18.5 Å². The van der Waals surface area contributed by atoms with Crippen LogP contribution in [0.5, 0.6) is 5.75 Å². The molecule has 4 nitrogen and oxygen atoms in total. The van der Waals surface area contributed by atoms with E-state index in [-0.39, 0.29) is 12.0 Å². The molecular formula is C23H21NO3. The number of amides is 1. The molecular weight excluding hydrogens is 338 g/mol. The molecule has 1 atom stereocenters. The number of aryl methyl sites for hydroxylation is 1. The Morgan fingerprint density at radius 3 is 2.15 bits per heavy atom. The lowest BCUT2D eigenvalue weighted by molar-refractivity contribution is 0.0999. The van der Waals surface area contributed by atoms with Crippen molar-refractivity contribution in [3.05, 3.63) is 90.0 Å². The van der Waals surface area contributed by atoms with Crippen molar-refractivity contribution >= 4 is 17.3 Å². The topological polar surface area (TPSA) is 42.1 Å². The summed E-state index contributed by atoms with van der Waals surface area (Å²) in [7, 11) is 0. The number of nitrogens with zero attached hydrogens (tertiary/aromatic N) is 1. The molecule has 1 amide bonds. The van der Waals surface area contributed by atoms with E-state index in [1.54, 1.807) is 4.90 Å². The van der Waals surface area contributed by atoms with Gasteiger partial charge < -0.3 is 9.47 Å². The van der Waals surface area contributed by atoms with Gasteiger partial charge in [-0.3, -0.25) is 9.69 Å². The number of epoxide rings is 1. The zero-order chi connectivity index (χ0) is 18.6. The van der Waals surface area contributed by atoms with E-state index >= 15 is 0 Å². The smallest absolute Gasteiger partial charge is 0.262 e. The third-order valence-corrected chi connectivity index (χ3v) is 4.49. The first-order chi connectivity index (χ1) is 13.2. The minimum atomic E-state index is -0.0973. The van der Waals surface area contributed by atoms with Gasteiger partial charge in [0.25, 0.3) is 5.91 Å². The summed E-state index contributed by atoms with van der Waals surface area (Å²) in [6, 6.07) is 24.9. The molecule has 3 aromatic carbocycles. The second kappa shape index (κ2) is 7.64. The largest absolute Gasteiger partial charge is 0.490 e. The first-order valence-corrected chi connectivity index (χ1v) is 9.02. The van der Waals surface area contributed by atoms with Crippen LogP contribution in [0.15, 0.2) is 78.9 Å². The van der Waals surface area contributed by atoms with Crippen LogP contribution in [0.2, 0.25) is 0 Å². The Morgan fingerprint density at radius 1 is 1.00 bits per heavy atom. The average Bonchev–Trinajstić information content (AvgIpc) is 3.54. The minimum Gasteiger partial charge on any atom is -0.490 e. The van der Waals surface area contributed by atoms with Crippen LogP contribution < -0.4 is 9.64 Å². The molecule has 3 aromatic rings. The van der Waals surface area contributed by atoms with Gasteiger partial charge in [-0.05, 0) is 48.9 Å². The molecule has 1 unspecified atom stereocenters. The maximum atomic E-state index is 13.4. The van der Waals surface area contributed by atoms with Gasteiger partial charge in [-0.15, -0.1) is 0 Å². The predicted molar refractivity (Wildman–Crippen MR) is 106 cm³/mol. The minimum absolute atomic E-state index is 0.0973. The monoisotopic (exact) mass is 359 g/mol. The number of hydrogen-bond donors (Lipinski definition) is 0. The highest BCUT2D eigenvalue weighted by atomic mass is 16.6. The Balaban J connectivity index is 1.68. The Morgan fingerprint density at radius 2 is 1.59 bits per heavy atom. The molecule has 0 aliphatic carbocycles. The Kier molecular flexibility index (Phi) is 4.90. The molecule has 1 saturated heterocycles. The molecule has 0 aromatic heterocycles. The van der Waals surface area contributed by atoms with E-state index < -0.39 is 0 Å². The number of carbonyl (C=O) groups is 1. The van der Waals surface area contributed by atoms with E-state index in [9.17, 15) is 4.79 Å². The third kappa shape index (κ3) is 4.01. The van der Waals surface area contributed by atoms with Gasteiger partial charge in [0.2, 0.25) is 0 Å². The second-order valence-corrected chi connectivity index (χ2v) is 6.56. The molecule has 1 heterocycles. The molecule has 136 valence electrons. The van der Waals surface area contributed by atoms with Gasteiger partial charge >= 0.3 is 0 Å². The number of benzene rings is 3. The summed E-state index contributed by atoms with van der Waals surface area (Å²) in [5, 5.41) is 0. The van der Waals surface area contributed by atoms with Crippen molar-refractivity contribution in [2.24, 2.45) is 0 Å². The van der Waals surface area contributed by atoms with E-state index in [1.807, 2.05) is 85.8 Å². The highest BCUT2D eigenvalue weighted by Gasteiger charge is 2.24. The van der Waals surface area contributed by atoms with E-state index in [4.69, 9.17) is 9.47 Å². The zero-order valence-corrected chi connectivity index (χ0v) is 15.2. The van der Waals surface area contributed by atoms with Crippen LogP contribution in [-0.4, -0.2) is 25.2 Å². The molecule has 0 N–H and O–H groups in total. The van der Waals surface area contributed by atoms with Crippen LogP contribution in [0.25, 0.3) is 0 Å². The fraction of sp³-hybridized carbons (Fsp3) is 0.174. The zero-order valence-electron chi connectivity index (χ0n) is 15.2. The number of anilines is 2. The summed E-state index contributed by atoms with van der Waals surface area (Å²) in [6.45, 7) is 3.23. The number of carbonyl (C=O) groups excluding carboxylic acids is 1. The van der Waals surface area contributed by atoms with Crippen molar-refractivity contribution < 1.29 is 14.3 Å². The van der Waals surface area contributed by atoms with E-state index in [1.165, 1.54) is 0 Å². The van der Waals surface area contributed by atoms with E-state index in [0.717, 1.165) is 29.3 Å². The summed E-state index contributed by atoms with van der Waals surface area (Å²) in [5.74, 6) is 0.623. The van der Waals surface area contributed by atoms with Crippen LogP contribution in [0.4, 0.5) is 11.4 Å². The second-order valence-electron chi connectivity index (χ2n) is 6.56. The summed E-state index contributed by atoms with van der Waals surface area (Å²) in [5.41, 5.74) is 3.23. The van der Waals surface area contributed by atoms with Crippen LogP contribution in [0, 0.1) is 6.92 Å². The highest BCUT2D eigenvalue weighted by Crippen LogP contribution is 2.29. The summed E-state index contributed by atoms with van der Waals surface area (Å²) in [6.07, 6.45) is 0.175. The molecule has 4 heteroatoms. The molecule has 4 rings (SSSR count). The van der Waals surface area contributed by atoms with Gasteiger partial charge in [0, 0.05) is 16.9 Å². The quantitative estimate of drug-likeness (QED) is 0.597. The molecule has 0 bridgehead atoms. The number of para-hydroxylation sites is 2. The van der Waals surface area contributed by atoms with Crippen molar-refractivity contribution in [1.82, 2.24) is 0 Å². The molecule has 1 aliphatic heterocycles. The van der Waals surface area contributed by atoms with Gasteiger partial charge in [0.15, 0.2) is 0 Å². The fourth-order valence-corrected chi connectivity index (χ4v) is 2.90. The molecule has 1 fully saturated rings. The normalized spacial score (nSPS) is 15.2. The molecule has 0 spiro atoms. The number of rotatable bonds is 6. The van der Waals surface area contributed by atoms with Crippen LogP contribution in [-0.2, 0) is 4.74 Å². The third-order valence-electron chi connectivity index (χ3n) is 4.49. The van der Waals surface area contributed by atoms with Crippen LogP contribution in [0.1, 0.15) is 15.9 Å². The van der Waals surface area contributed by atoms with Gasteiger partial charge in [0.05, 0.1) is 6.61 Å². The van der Waals surface area contributed by atoms with Crippen LogP contribution in [0.3, 0.4) is 0 Å². The van der Waals surface area contributed by atoms with Crippen LogP contribution >= 0.6 is 0 Å². The first kappa shape index (κ1) is 17.3. The Bertz CT molecular complexity index is 881. The summed E-state index contributed by atoms with van der Waals surface area (Å²) in [4.78, 5) is 15.1. The van der Waals surface area contributed by atoms with Crippen molar-refractivity contribution in [3.63, 3.8) is 0 Å². The number of ether oxygens (including phenoxy) is 2. The van der Waals surface area contributed by atoms with Gasteiger partial charge in [-0.1, -0.05) is 42.5 Å². The Hall–Kier alpha value is -3.11. The van der Waals surface area contributed by atoms with Crippen molar-refractivity contribution in [3.8, 4) is 5.75 Å². The van der Waals surface area contributed by atoms with Gasteiger partial charge in [-0.2, -0.15) is 0 Å². The van der Waals surface area contributed by atoms with Crippen molar-refractivity contribution in [2.75, 3.05) is 18.1 Å². The average molecular weight is 359 g/mol. The lowest BCUT2D eigenvalue weighted by atomic mass is 10.1. The molecule has 1 aliphatic rings. The first-order valence-electron chi connectivity index (χ1n) is 9.02. The SMILES string of the molecule is Cc1ccc(C(=O)N(c2ccccc2)c2ccccc2)cc1OCC1CO1. The summed E-state index contributed by atoms with van der Waals surface area (Å²) < 4.78 is 11.0. The predicted octanol–water partition coefficient (Wildman–Crippen LogP) is 4.75. The maximum absolute atomic E-state index is 13.4. The fourth-order valence-electron chi connectivity index (χ4n) is 2.90. The van der Waals surface area contributed by atoms with Crippen molar-refractivity contribution in [2.45, 2.75) is 13.0 Å². The maximum Gasteiger partial charge on any atom is 0.262 e. The van der Waals surface area contributed by atoms with Gasteiger partial charge in [-0.25, -0.2) is 0 Å². The van der Waals surface area contributed by atoms with Crippen molar-refractivity contribution in [1.29, 1.82) is 0 Å². The molecule has 0 saturated carbocycles. The lowest BCUT2D eigenvalue weighted by Crippen LogP contribution is -2.26. The molecule has 0 radical (unpaired) electrons. The highest BCUT2D eigenvalue weighted by molar-refractivity contribution is 6.11. The van der Waals surface area contributed by atoms with E-state index in [0.29, 0.717) is 12.2 Å². The van der Waals surface area contributed by atoms with E-state index in [2.05, 4.69) is 0 Å². The lowest BCUT2D eigenvalue weighted by Gasteiger charge is -2.23. The molecule has 27 heavy (non-hydrogen) atoms.